The lowest BCUT2D eigenvalue weighted by molar-refractivity contribution is -0.144. The molecule has 1 saturated heterocycles. The van der Waals surface area contributed by atoms with Crippen LogP contribution in [0.2, 0.25) is 0 Å². The number of amides is 1. The number of rotatable bonds is 2. The third kappa shape index (κ3) is 2.38. The molecule has 2 aromatic rings. The molecule has 6 heteroatoms. The van der Waals surface area contributed by atoms with Crippen molar-refractivity contribution >= 4 is 21.8 Å². The van der Waals surface area contributed by atoms with E-state index in [0.29, 0.717) is 18.7 Å². The van der Waals surface area contributed by atoms with Gasteiger partial charge in [0.15, 0.2) is 5.76 Å². The summed E-state index contributed by atoms with van der Waals surface area (Å²) < 4.78 is 6.18. The van der Waals surface area contributed by atoms with E-state index in [2.05, 4.69) is 21.1 Å². The highest BCUT2D eigenvalue weighted by Crippen LogP contribution is 2.35. The average molecular weight is 351 g/mol. The third-order valence-corrected chi connectivity index (χ3v) is 4.22. The van der Waals surface area contributed by atoms with Crippen LogP contribution in [0.3, 0.4) is 0 Å². The number of aryl methyl sites for hydroxylation is 1. The number of nitrogens with zero attached hydrogens (tertiary/aromatic N) is 2. The van der Waals surface area contributed by atoms with Gasteiger partial charge in [0.25, 0.3) is 5.91 Å². The molecule has 1 amide bonds. The van der Waals surface area contributed by atoms with Crippen molar-refractivity contribution in [2.75, 3.05) is 13.6 Å². The third-order valence-electron chi connectivity index (χ3n) is 3.77. The summed E-state index contributed by atoms with van der Waals surface area (Å²) in [5, 5.41) is 14.5. The Kier molecular flexibility index (Phi) is 3.37. The molecule has 1 aliphatic heterocycles. The Labute approximate surface area is 130 Å². The highest BCUT2D eigenvalue weighted by atomic mass is 79.9. The summed E-state index contributed by atoms with van der Waals surface area (Å²) in [4.78, 5) is 13.6. The van der Waals surface area contributed by atoms with E-state index in [-0.39, 0.29) is 11.7 Å². The van der Waals surface area contributed by atoms with Crippen LogP contribution in [-0.4, -0.2) is 34.7 Å². The van der Waals surface area contributed by atoms with Gasteiger partial charge in [-0.3, -0.25) is 4.79 Å². The van der Waals surface area contributed by atoms with Crippen molar-refractivity contribution < 1.29 is 14.4 Å². The molecule has 0 unspecified atom stereocenters. The molecule has 110 valence electrons. The van der Waals surface area contributed by atoms with Gasteiger partial charge in [-0.25, -0.2) is 0 Å². The lowest BCUT2D eigenvalue weighted by atomic mass is 9.98. The van der Waals surface area contributed by atoms with Gasteiger partial charge < -0.3 is 14.5 Å². The van der Waals surface area contributed by atoms with E-state index in [4.69, 9.17) is 4.52 Å². The van der Waals surface area contributed by atoms with Crippen LogP contribution in [0, 0.1) is 6.92 Å². The van der Waals surface area contributed by atoms with Gasteiger partial charge in [0, 0.05) is 36.1 Å². The molecule has 1 aromatic carbocycles. The summed E-state index contributed by atoms with van der Waals surface area (Å²) >= 11 is 3.44. The van der Waals surface area contributed by atoms with Crippen LogP contribution < -0.4 is 0 Å². The highest BCUT2D eigenvalue weighted by Gasteiger charge is 2.48. The van der Waals surface area contributed by atoms with Gasteiger partial charge in [0.1, 0.15) is 5.69 Å². The molecule has 0 radical (unpaired) electrons. The first kappa shape index (κ1) is 14.3. The zero-order valence-corrected chi connectivity index (χ0v) is 13.3. The summed E-state index contributed by atoms with van der Waals surface area (Å²) in [6, 6.07) is 7.52. The summed E-state index contributed by atoms with van der Waals surface area (Å²) in [6.07, 6.45) is 0.314. The van der Waals surface area contributed by atoms with Gasteiger partial charge in [-0.05, 0) is 30.7 Å². The molecule has 3 rings (SSSR count). The molecule has 1 N–H and O–H groups in total. The van der Waals surface area contributed by atoms with E-state index in [1.165, 1.54) is 4.90 Å². The van der Waals surface area contributed by atoms with Crippen LogP contribution >= 0.6 is 15.9 Å². The van der Waals surface area contributed by atoms with Gasteiger partial charge in [0.05, 0.1) is 0 Å². The molecule has 0 spiro atoms. The number of hydrogen-bond acceptors (Lipinski definition) is 4. The van der Waals surface area contributed by atoms with Gasteiger partial charge in [-0.2, -0.15) is 0 Å². The number of likely N-dealkylation sites (tertiary alicyclic amines) is 1. The van der Waals surface area contributed by atoms with Crippen molar-refractivity contribution in [2.24, 2.45) is 0 Å². The topological polar surface area (TPSA) is 66.6 Å². The van der Waals surface area contributed by atoms with E-state index < -0.39 is 5.60 Å². The number of carbonyl (C=O) groups is 1. The first-order valence-electron chi connectivity index (χ1n) is 6.63. The fourth-order valence-corrected chi connectivity index (χ4v) is 3.18. The van der Waals surface area contributed by atoms with Crippen LogP contribution in [0.25, 0.3) is 11.3 Å². The molecule has 0 saturated carbocycles. The minimum atomic E-state index is -1.60. The van der Waals surface area contributed by atoms with Crippen LogP contribution in [0.15, 0.2) is 33.3 Å². The number of hydrogen-bond donors (Lipinski definition) is 1. The van der Waals surface area contributed by atoms with Crippen molar-refractivity contribution in [2.45, 2.75) is 18.9 Å². The molecule has 2 heterocycles. The molecule has 0 bridgehead atoms. The molecule has 1 aliphatic rings. The van der Waals surface area contributed by atoms with Crippen molar-refractivity contribution in [1.82, 2.24) is 10.1 Å². The number of aliphatic hydroxyl groups is 1. The molecular formula is C15H15BrN2O3. The number of aromatic nitrogens is 1. The van der Waals surface area contributed by atoms with E-state index in [9.17, 15) is 9.90 Å². The molecular weight excluding hydrogens is 336 g/mol. The second-order valence-electron chi connectivity index (χ2n) is 5.43. The van der Waals surface area contributed by atoms with E-state index in [1.54, 1.807) is 13.1 Å². The quantitative estimate of drug-likeness (QED) is 0.903. The maximum absolute atomic E-state index is 12.1. The Bertz CT molecular complexity index is 692. The second kappa shape index (κ2) is 4.96. The molecule has 1 fully saturated rings. The van der Waals surface area contributed by atoms with Crippen molar-refractivity contribution in [3.05, 3.63) is 40.1 Å². The second-order valence-corrected chi connectivity index (χ2v) is 6.35. The standard InChI is InChI=1S/C15H15BrN2O3/c1-9-5-10(7-11(16)6-9)12-8-13(21-17-12)15(20)3-4-18(2)14(15)19/h5-8,20H,3-4H2,1-2H3/t15-/m1/s1. The largest absolute Gasteiger partial charge is 0.373 e. The maximum Gasteiger partial charge on any atom is 0.262 e. The Morgan fingerprint density at radius 1 is 1.38 bits per heavy atom. The molecule has 21 heavy (non-hydrogen) atoms. The molecule has 0 aliphatic carbocycles. The lowest BCUT2D eigenvalue weighted by Gasteiger charge is -2.16. The normalized spacial score (nSPS) is 22.1. The maximum atomic E-state index is 12.1. The number of carbonyl (C=O) groups excluding carboxylic acids is 1. The van der Waals surface area contributed by atoms with E-state index in [1.807, 2.05) is 25.1 Å². The average Bonchev–Trinajstić information content (AvgIpc) is 3.00. The Morgan fingerprint density at radius 3 is 2.76 bits per heavy atom. The summed E-state index contributed by atoms with van der Waals surface area (Å²) in [5.41, 5.74) is 0.963. The van der Waals surface area contributed by atoms with E-state index >= 15 is 0 Å². The lowest BCUT2D eigenvalue weighted by Crippen LogP contribution is -2.35. The zero-order chi connectivity index (χ0) is 15.2. The minimum absolute atomic E-state index is 0.199. The molecule has 1 aromatic heterocycles. The first-order valence-corrected chi connectivity index (χ1v) is 7.42. The molecule has 5 nitrogen and oxygen atoms in total. The van der Waals surface area contributed by atoms with Crippen LogP contribution in [0.1, 0.15) is 17.7 Å². The summed E-state index contributed by atoms with van der Waals surface area (Å²) in [6.45, 7) is 2.49. The highest BCUT2D eigenvalue weighted by molar-refractivity contribution is 9.10. The Morgan fingerprint density at radius 2 is 2.14 bits per heavy atom. The summed E-state index contributed by atoms with van der Waals surface area (Å²) in [7, 11) is 1.66. The predicted molar refractivity (Wildman–Crippen MR) is 80.5 cm³/mol. The van der Waals surface area contributed by atoms with Crippen LogP contribution in [0.4, 0.5) is 0 Å². The van der Waals surface area contributed by atoms with Crippen LogP contribution in [-0.2, 0) is 10.4 Å². The van der Waals surface area contributed by atoms with Crippen molar-refractivity contribution in [3.8, 4) is 11.3 Å². The fraction of sp³-hybridized carbons (Fsp3) is 0.333. The molecule has 1 atom stereocenters. The monoisotopic (exact) mass is 350 g/mol. The first-order chi connectivity index (χ1) is 9.90. The summed E-state index contributed by atoms with van der Waals surface area (Å²) in [5.74, 6) is -0.153. The van der Waals surface area contributed by atoms with Gasteiger partial charge >= 0.3 is 0 Å². The van der Waals surface area contributed by atoms with Crippen molar-refractivity contribution in [3.63, 3.8) is 0 Å². The van der Waals surface area contributed by atoms with Crippen LogP contribution in [0.5, 0.6) is 0 Å². The zero-order valence-electron chi connectivity index (χ0n) is 11.8. The van der Waals surface area contributed by atoms with Gasteiger partial charge in [-0.15, -0.1) is 0 Å². The smallest absolute Gasteiger partial charge is 0.262 e. The Hall–Kier alpha value is -1.66. The number of halogens is 1. The van der Waals surface area contributed by atoms with Gasteiger partial charge in [0.2, 0.25) is 5.60 Å². The fourth-order valence-electron chi connectivity index (χ4n) is 2.57. The SMILES string of the molecule is Cc1cc(Br)cc(-c2cc([C@]3(O)CCN(C)C3=O)on2)c1. The van der Waals surface area contributed by atoms with Gasteiger partial charge in [-0.1, -0.05) is 21.1 Å². The Balaban J connectivity index is 1.99. The number of benzene rings is 1. The minimum Gasteiger partial charge on any atom is -0.373 e. The van der Waals surface area contributed by atoms with Crippen molar-refractivity contribution in [1.29, 1.82) is 0 Å². The number of likely N-dealkylation sites (N-methyl/N-ethyl adjacent to an activating group) is 1. The predicted octanol–water partition coefficient (Wildman–Crippen LogP) is 2.46. The van der Waals surface area contributed by atoms with E-state index in [0.717, 1.165) is 15.6 Å².